The Morgan fingerprint density at radius 3 is 2.08 bits per heavy atom. The highest BCUT2D eigenvalue weighted by Gasteiger charge is 2.57. The van der Waals surface area contributed by atoms with Crippen molar-refractivity contribution in [1.29, 1.82) is 0 Å². The lowest BCUT2D eigenvalue weighted by molar-refractivity contribution is -0.135. The van der Waals surface area contributed by atoms with Crippen molar-refractivity contribution in [2.75, 3.05) is 26.2 Å². The van der Waals surface area contributed by atoms with Gasteiger partial charge in [-0.2, -0.15) is 0 Å². The smallest absolute Gasteiger partial charge is 0.305 e. The number of nitrogens with zero attached hydrogens (tertiary/aromatic N) is 4. The number of aryl methyl sites for hydroxylation is 1. The molecule has 2 fully saturated rings. The number of benzene rings is 2. The number of hydrogen-bond donors (Lipinski definition) is 0. The van der Waals surface area contributed by atoms with Crippen molar-refractivity contribution in [3.05, 3.63) is 102 Å². The van der Waals surface area contributed by atoms with Gasteiger partial charge in [0, 0.05) is 45.1 Å². The second-order valence-corrected chi connectivity index (χ2v) is 9.88. The summed E-state index contributed by atoms with van der Waals surface area (Å²) in [6.07, 6.45) is 7.49. The van der Waals surface area contributed by atoms with Gasteiger partial charge < -0.3 is 9.80 Å². The second-order valence-electron chi connectivity index (χ2n) is 9.88. The van der Waals surface area contributed by atoms with Crippen LogP contribution in [-0.2, 0) is 24.2 Å². The standard InChI is InChI=1S/C30H34N4O2/c35-28-30(16-21-32(22-17-30)20-15-25-9-3-1-4-10-25)34(24-27-11-5-2-6-12-27)29(36)33(28)19-8-14-26-13-7-18-31-23-26/h1-7,9-13,18,23H,8,14-17,19-22,24H2. The molecule has 3 heterocycles. The molecule has 1 spiro atoms. The molecule has 5 rings (SSSR count). The van der Waals surface area contributed by atoms with E-state index in [1.807, 2.05) is 59.6 Å². The Morgan fingerprint density at radius 2 is 1.42 bits per heavy atom. The predicted molar refractivity (Wildman–Crippen MR) is 140 cm³/mol. The fraction of sp³-hybridized carbons (Fsp3) is 0.367. The van der Waals surface area contributed by atoms with E-state index >= 15 is 0 Å². The molecule has 2 aliphatic rings. The third kappa shape index (κ3) is 5.19. The van der Waals surface area contributed by atoms with Crippen LogP contribution in [0.5, 0.6) is 0 Å². The van der Waals surface area contributed by atoms with Gasteiger partial charge in [-0.1, -0.05) is 66.7 Å². The molecular weight excluding hydrogens is 448 g/mol. The largest absolute Gasteiger partial charge is 0.327 e. The molecule has 0 radical (unpaired) electrons. The second kappa shape index (κ2) is 11.0. The predicted octanol–water partition coefficient (Wildman–Crippen LogP) is 4.56. The molecule has 0 unspecified atom stereocenters. The van der Waals surface area contributed by atoms with Crippen molar-refractivity contribution in [2.45, 2.75) is 44.2 Å². The van der Waals surface area contributed by atoms with Crippen LogP contribution in [0.1, 0.15) is 36.0 Å². The van der Waals surface area contributed by atoms with Gasteiger partial charge in [0.15, 0.2) is 0 Å². The van der Waals surface area contributed by atoms with E-state index in [4.69, 9.17) is 0 Å². The molecule has 2 aromatic carbocycles. The molecule has 2 saturated heterocycles. The molecule has 186 valence electrons. The van der Waals surface area contributed by atoms with Crippen molar-refractivity contribution >= 4 is 11.9 Å². The molecule has 0 atom stereocenters. The van der Waals surface area contributed by atoms with Gasteiger partial charge in [0.05, 0.1) is 0 Å². The van der Waals surface area contributed by atoms with E-state index in [9.17, 15) is 9.59 Å². The number of urea groups is 1. The van der Waals surface area contributed by atoms with Crippen LogP contribution in [0.2, 0.25) is 0 Å². The fourth-order valence-corrected chi connectivity index (χ4v) is 5.51. The SMILES string of the molecule is O=C1N(CCCc2cccnc2)C(=O)C2(CCN(CCc3ccccc3)CC2)N1Cc1ccccc1. The van der Waals surface area contributed by atoms with Crippen molar-refractivity contribution in [3.63, 3.8) is 0 Å². The van der Waals surface area contributed by atoms with Gasteiger partial charge in [0.2, 0.25) is 0 Å². The zero-order valence-corrected chi connectivity index (χ0v) is 20.8. The average molecular weight is 483 g/mol. The van der Waals surface area contributed by atoms with Gasteiger partial charge in [-0.25, -0.2) is 4.79 Å². The number of carbonyl (C=O) groups is 2. The average Bonchev–Trinajstić information content (AvgIpc) is 3.11. The molecule has 3 amide bonds. The summed E-state index contributed by atoms with van der Waals surface area (Å²) >= 11 is 0. The van der Waals surface area contributed by atoms with Gasteiger partial charge in [-0.05, 0) is 54.9 Å². The van der Waals surface area contributed by atoms with Crippen molar-refractivity contribution in [2.24, 2.45) is 0 Å². The molecule has 0 aliphatic carbocycles. The van der Waals surface area contributed by atoms with Crippen LogP contribution in [0, 0.1) is 0 Å². The topological polar surface area (TPSA) is 56.8 Å². The molecule has 6 nitrogen and oxygen atoms in total. The van der Waals surface area contributed by atoms with E-state index in [0.29, 0.717) is 25.9 Å². The van der Waals surface area contributed by atoms with Crippen LogP contribution < -0.4 is 0 Å². The van der Waals surface area contributed by atoms with Gasteiger partial charge >= 0.3 is 6.03 Å². The Balaban J connectivity index is 1.28. The molecule has 6 heteroatoms. The number of likely N-dealkylation sites (tertiary alicyclic amines) is 1. The molecule has 3 aromatic rings. The quantitative estimate of drug-likeness (QED) is 0.420. The number of carbonyl (C=O) groups excluding carboxylic acids is 2. The Hall–Kier alpha value is -3.51. The van der Waals surface area contributed by atoms with E-state index in [2.05, 4.69) is 34.1 Å². The number of pyridine rings is 1. The number of amides is 3. The van der Waals surface area contributed by atoms with Gasteiger partial charge in [-0.15, -0.1) is 0 Å². The lowest BCUT2D eigenvalue weighted by Gasteiger charge is -2.42. The highest BCUT2D eigenvalue weighted by Crippen LogP contribution is 2.38. The lowest BCUT2D eigenvalue weighted by atomic mass is 9.85. The van der Waals surface area contributed by atoms with E-state index in [0.717, 1.165) is 50.0 Å². The fourth-order valence-electron chi connectivity index (χ4n) is 5.51. The molecule has 1 aromatic heterocycles. The van der Waals surface area contributed by atoms with Gasteiger partial charge in [-0.3, -0.25) is 14.7 Å². The summed E-state index contributed by atoms with van der Waals surface area (Å²) in [5.74, 6) is -0.0164. The monoisotopic (exact) mass is 482 g/mol. The van der Waals surface area contributed by atoms with E-state index in [-0.39, 0.29) is 11.9 Å². The van der Waals surface area contributed by atoms with E-state index < -0.39 is 5.54 Å². The van der Waals surface area contributed by atoms with E-state index in [1.54, 1.807) is 6.20 Å². The summed E-state index contributed by atoms with van der Waals surface area (Å²) in [7, 11) is 0. The summed E-state index contributed by atoms with van der Waals surface area (Å²) in [5.41, 5.74) is 2.76. The van der Waals surface area contributed by atoms with Gasteiger partial charge in [0.25, 0.3) is 5.91 Å². The number of rotatable bonds is 9. The van der Waals surface area contributed by atoms with Crippen molar-refractivity contribution < 1.29 is 9.59 Å². The minimum Gasteiger partial charge on any atom is -0.305 e. The van der Waals surface area contributed by atoms with Crippen LogP contribution >= 0.6 is 0 Å². The first-order valence-corrected chi connectivity index (χ1v) is 13.0. The van der Waals surface area contributed by atoms with E-state index in [1.165, 1.54) is 10.5 Å². The zero-order valence-electron chi connectivity index (χ0n) is 20.8. The number of piperidine rings is 1. The van der Waals surface area contributed by atoms with Crippen LogP contribution in [0.15, 0.2) is 85.2 Å². The normalized spacial score (nSPS) is 17.8. The maximum Gasteiger partial charge on any atom is 0.327 e. The zero-order chi connectivity index (χ0) is 24.8. The first-order valence-electron chi connectivity index (χ1n) is 13.0. The van der Waals surface area contributed by atoms with Crippen LogP contribution in [0.25, 0.3) is 0 Å². The molecule has 36 heavy (non-hydrogen) atoms. The molecular formula is C30H34N4O2. The Bertz CT molecular complexity index is 1150. The molecule has 0 N–H and O–H groups in total. The van der Waals surface area contributed by atoms with Crippen molar-refractivity contribution in [1.82, 2.24) is 19.7 Å². The summed E-state index contributed by atoms with van der Waals surface area (Å²) in [4.78, 5) is 37.5. The van der Waals surface area contributed by atoms with Crippen molar-refractivity contribution in [3.8, 4) is 0 Å². The maximum atomic E-state index is 13.9. The molecule has 2 aliphatic heterocycles. The van der Waals surface area contributed by atoms with Gasteiger partial charge in [0.1, 0.15) is 5.54 Å². The Morgan fingerprint density at radius 1 is 0.750 bits per heavy atom. The number of hydrogen-bond acceptors (Lipinski definition) is 4. The highest BCUT2D eigenvalue weighted by atomic mass is 16.2. The lowest BCUT2D eigenvalue weighted by Crippen LogP contribution is -2.56. The summed E-state index contributed by atoms with van der Waals surface area (Å²) in [5, 5.41) is 0. The Kier molecular flexibility index (Phi) is 7.42. The third-order valence-electron chi connectivity index (χ3n) is 7.62. The maximum absolute atomic E-state index is 13.9. The van der Waals surface area contributed by atoms with Crippen LogP contribution in [-0.4, -0.2) is 63.3 Å². The highest BCUT2D eigenvalue weighted by molar-refractivity contribution is 6.07. The molecule has 0 saturated carbocycles. The summed E-state index contributed by atoms with van der Waals surface area (Å²) in [6.45, 7) is 3.52. The summed E-state index contributed by atoms with van der Waals surface area (Å²) in [6, 6.07) is 24.4. The number of aromatic nitrogens is 1. The number of imide groups is 1. The molecule has 0 bridgehead atoms. The van der Waals surface area contributed by atoms with Crippen LogP contribution in [0.3, 0.4) is 0 Å². The first-order chi connectivity index (χ1) is 17.7. The minimum atomic E-state index is -0.746. The third-order valence-corrected chi connectivity index (χ3v) is 7.62. The minimum absolute atomic E-state index is 0.0164. The Labute approximate surface area is 213 Å². The summed E-state index contributed by atoms with van der Waals surface area (Å²) < 4.78 is 0. The van der Waals surface area contributed by atoms with Crippen LogP contribution in [0.4, 0.5) is 4.79 Å². The first kappa shape index (κ1) is 24.2.